The smallest absolute Gasteiger partial charge is 0.335 e. The Labute approximate surface area is 122 Å². The Morgan fingerprint density at radius 1 is 1.33 bits per heavy atom. The molecule has 0 saturated carbocycles. The summed E-state index contributed by atoms with van der Waals surface area (Å²) in [5, 5.41) is 9.03. The maximum Gasteiger partial charge on any atom is 0.335 e. The number of rotatable bonds is 3. The second kappa shape index (κ2) is 4.88. The summed E-state index contributed by atoms with van der Waals surface area (Å²) >= 11 is 0. The quantitative estimate of drug-likeness (QED) is 0.940. The van der Waals surface area contributed by atoms with Crippen LogP contribution in [0, 0.1) is 5.82 Å². The summed E-state index contributed by atoms with van der Waals surface area (Å²) in [4.78, 5) is 11.0. The first-order valence-corrected chi connectivity index (χ1v) is 6.75. The van der Waals surface area contributed by atoms with Gasteiger partial charge in [0.25, 0.3) is 0 Å². The van der Waals surface area contributed by atoms with E-state index >= 15 is 0 Å². The van der Waals surface area contributed by atoms with Crippen molar-refractivity contribution in [2.75, 3.05) is 0 Å². The van der Waals surface area contributed by atoms with Crippen LogP contribution in [-0.4, -0.2) is 16.7 Å². The average molecular weight is 286 g/mol. The van der Waals surface area contributed by atoms with E-state index in [4.69, 9.17) is 9.84 Å². The summed E-state index contributed by atoms with van der Waals surface area (Å²) < 4.78 is 19.7. The van der Waals surface area contributed by atoms with E-state index in [-0.39, 0.29) is 11.4 Å². The molecule has 0 radical (unpaired) electrons. The van der Waals surface area contributed by atoms with E-state index in [0.29, 0.717) is 24.2 Å². The zero-order valence-electron chi connectivity index (χ0n) is 11.6. The zero-order valence-corrected chi connectivity index (χ0v) is 11.6. The van der Waals surface area contributed by atoms with Crippen molar-refractivity contribution >= 4 is 5.97 Å². The first-order valence-electron chi connectivity index (χ1n) is 6.75. The van der Waals surface area contributed by atoms with Crippen LogP contribution >= 0.6 is 0 Å². The molecule has 0 fully saturated rings. The van der Waals surface area contributed by atoms with Crippen molar-refractivity contribution in [1.29, 1.82) is 0 Å². The Morgan fingerprint density at radius 2 is 2.10 bits per heavy atom. The second-order valence-electron chi connectivity index (χ2n) is 5.62. The molecule has 0 spiro atoms. The summed E-state index contributed by atoms with van der Waals surface area (Å²) in [6.45, 7) is 1.92. The first kappa shape index (κ1) is 13.6. The molecular formula is C17H15FO3. The lowest BCUT2D eigenvalue weighted by molar-refractivity contribution is 0.0696. The molecule has 2 aromatic carbocycles. The molecule has 108 valence electrons. The molecule has 1 atom stereocenters. The minimum atomic E-state index is -0.958. The Balaban J connectivity index is 1.86. The molecule has 0 saturated heterocycles. The monoisotopic (exact) mass is 286 g/mol. The first-order chi connectivity index (χ1) is 9.97. The number of carbonyl (C=O) groups is 1. The topological polar surface area (TPSA) is 46.5 Å². The third-order valence-corrected chi connectivity index (χ3v) is 3.75. The van der Waals surface area contributed by atoms with Gasteiger partial charge < -0.3 is 9.84 Å². The average Bonchev–Trinajstić information content (AvgIpc) is 2.76. The Bertz CT molecular complexity index is 711. The summed E-state index contributed by atoms with van der Waals surface area (Å²) in [6, 6.07) is 11.5. The second-order valence-corrected chi connectivity index (χ2v) is 5.62. The molecule has 0 amide bonds. The number of carboxylic acid groups (broad SMARTS) is 1. The van der Waals surface area contributed by atoms with Crippen molar-refractivity contribution in [2.45, 2.75) is 25.4 Å². The predicted octanol–water partition coefficient (Wildman–Crippen LogP) is 3.46. The predicted molar refractivity (Wildman–Crippen MR) is 76.2 cm³/mol. The maximum atomic E-state index is 13.8. The molecule has 4 heteroatoms. The number of halogens is 1. The highest BCUT2D eigenvalue weighted by Gasteiger charge is 2.35. The number of hydrogen-bond acceptors (Lipinski definition) is 2. The van der Waals surface area contributed by atoms with E-state index in [0.717, 1.165) is 5.56 Å². The molecule has 3 nitrogen and oxygen atoms in total. The number of hydrogen-bond donors (Lipinski definition) is 1. The highest BCUT2D eigenvalue weighted by Crippen LogP contribution is 2.37. The third-order valence-electron chi connectivity index (χ3n) is 3.75. The normalized spacial score (nSPS) is 19.9. The van der Waals surface area contributed by atoms with E-state index in [1.807, 2.05) is 6.92 Å². The molecule has 0 bridgehead atoms. The van der Waals surface area contributed by atoms with Crippen LogP contribution in [0.4, 0.5) is 4.39 Å². The SMILES string of the molecule is CC1(Cc2ccccc2F)Cc2cc(C(=O)O)ccc2O1. The van der Waals surface area contributed by atoms with Crippen molar-refractivity contribution in [2.24, 2.45) is 0 Å². The molecule has 3 rings (SSSR count). The lowest BCUT2D eigenvalue weighted by Gasteiger charge is -2.24. The highest BCUT2D eigenvalue weighted by molar-refractivity contribution is 5.88. The van der Waals surface area contributed by atoms with Crippen LogP contribution in [0.5, 0.6) is 5.75 Å². The van der Waals surface area contributed by atoms with Gasteiger partial charge in [-0.1, -0.05) is 18.2 Å². The molecule has 1 heterocycles. The Kier molecular flexibility index (Phi) is 3.16. The summed E-state index contributed by atoms with van der Waals surface area (Å²) in [5.41, 5.74) is 1.15. The molecule has 2 aromatic rings. The molecule has 0 aromatic heterocycles. The van der Waals surface area contributed by atoms with E-state index < -0.39 is 11.6 Å². The van der Waals surface area contributed by atoms with Gasteiger partial charge in [-0.3, -0.25) is 0 Å². The lowest BCUT2D eigenvalue weighted by atomic mass is 9.91. The van der Waals surface area contributed by atoms with Crippen LogP contribution in [0.15, 0.2) is 42.5 Å². The van der Waals surface area contributed by atoms with Crippen molar-refractivity contribution in [3.8, 4) is 5.75 Å². The largest absolute Gasteiger partial charge is 0.487 e. The van der Waals surface area contributed by atoms with Gasteiger partial charge in [0.1, 0.15) is 17.2 Å². The Hall–Kier alpha value is -2.36. The van der Waals surface area contributed by atoms with Gasteiger partial charge in [-0.05, 0) is 42.3 Å². The fourth-order valence-corrected chi connectivity index (χ4v) is 2.80. The van der Waals surface area contributed by atoms with Crippen LogP contribution < -0.4 is 4.74 Å². The van der Waals surface area contributed by atoms with Crippen LogP contribution in [-0.2, 0) is 12.8 Å². The van der Waals surface area contributed by atoms with Crippen molar-refractivity contribution in [3.05, 3.63) is 65.0 Å². The van der Waals surface area contributed by atoms with Gasteiger partial charge in [0, 0.05) is 12.8 Å². The van der Waals surface area contributed by atoms with Gasteiger partial charge in [-0.15, -0.1) is 0 Å². The van der Waals surface area contributed by atoms with Crippen molar-refractivity contribution in [1.82, 2.24) is 0 Å². The van der Waals surface area contributed by atoms with Gasteiger partial charge in [0.15, 0.2) is 0 Å². The van der Waals surface area contributed by atoms with E-state index in [9.17, 15) is 9.18 Å². The number of fused-ring (bicyclic) bond motifs is 1. The van der Waals surface area contributed by atoms with Crippen LogP contribution in [0.1, 0.15) is 28.4 Å². The van der Waals surface area contributed by atoms with E-state index in [1.54, 1.807) is 30.3 Å². The fraction of sp³-hybridized carbons (Fsp3) is 0.235. The molecule has 1 aliphatic rings. The molecule has 21 heavy (non-hydrogen) atoms. The minimum absolute atomic E-state index is 0.243. The van der Waals surface area contributed by atoms with Crippen LogP contribution in [0.2, 0.25) is 0 Å². The molecule has 1 N–H and O–H groups in total. The number of carboxylic acids is 1. The van der Waals surface area contributed by atoms with Gasteiger partial charge >= 0.3 is 5.97 Å². The van der Waals surface area contributed by atoms with Crippen LogP contribution in [0.25, 0.3) is 0 Å². The van der Waals surface area contributed by atoms with Gasteiger partial charge in [-0.2, -0.15) is 0 Å². The molecule has 0 aliphatic carbocycles. The van der Waals surface area contributed by atoms with Crippen molar-refractivity contribution in [3.63, 3.8) is 0 Å². The van der Waals surface area contributed by atoms with Gasteiger partial charge in [0.05, 0.1) is 5.56 Å². The van der Waals surface area contributed by atoms with Crippen LogP contribution in [0.3, 0.4) is 0 Å². The molecule has 1 unspecified atom stereocenters. The fourth-order valence-electron chi connectivity index (χ4n) is 2.80. The standard InChI is InChI=1S/C17H15FO3/c1-17(9-12-4-2-3-5-14(12)18)10-13-8-11(16(19)20)6-7-15(13)21-17/h2-8H,9-10H2,1H3,(H,19,20). The summed E-state index contributed by atoms with van der Waals surface area (Å²) in [7, 11) is 0. The Morgan fingerprint density at radius 3 is 2.81 bits per heavy atom. The summed E-state index contributed by atoms with van der Waals surface area (Å²) in [5.74, 6) is -0.524. The summed E-state index contributed by atoms with van der Waals surface area (Å²) in [6.07, 6.45) is 1.01. The zero-order chi connectivity index (χ0) is 15.0. The van der Waals surface area contributed by atoms with Crippen molar-refractivity contribution < 1.29 is 19.0 Å². The van der Waals surface area contributed by atoms with E-state index in [1.165, 1.54) is 12.1 Å². The van der Waals surface area contributed by atoms with E-state index in [2.05, 4.69) is 0 Å². The number of benzene rings is 2. The molecular weight excluding hydrogens is 271 g/mol. The molecule has 1 aliphatic heterocycles. The number of ether oxygens (including phenoxy) is 1. The maximum absolute atomic E-state index is 13.8. The van der Waals surface area contributed by atoms with Gasteiger partial charge in [0.2, 0.25) is 0 Å². The van der Waals surface area contributed by atoms with Gasteiger partial charge in [-0.25, -0.2) is 9.18 Å². The highest BCUT2D eigenvalue weighted by atomic mass is 19.1. The third kappa shape index (κ3) is 2.61. The minimum Gasteiger partial charge on any atom is -0.487 e. The lowest BCUT2D eigenvalue weighted by Crippen LogP contribution is -2.33. The number of aromatic carboxylic acids is 1.